The van der Waals surface area contributed by atoms with E-state index in [2.05, 4.69) is 4.99 Å². The number of carbonyl (C=O) groups excluding carboxylic acids is 2. The summed E-state index contributed by atoms with van der Waals surface area (Å²) >= 11 is 0. The predicted octanol–water partition coefficient (Wildman–Crippen LogP) is 3.88. The highest BCUT2D eigenvalue weighted by molar-refractivity contribution is 6.06. The number of esters is 2. The number of aliphatic imine (C=N–C) groups is 1. The molecule has 6 nitrogen and oxygen atoms in total. The van der Waals surface area contributed by atoms with Gasteiger partial charge in [-0.15, -0.1) is 0 Å². The third kappa shape index (κ3) is 3.47. The van der Waals surface area contributed by atoms with Gasteiger partial charge in [0.1, 0.15) is 23.3 Å². The first kappa shape index (κ1) is 19.5. The normalized spacial score (nSPS) is 19.2. The third-order valence-corrected chi connectivity index (χ3v) is 4.75. The fraction of sp³-hybridized carbons (Fsp3) is 0.286. The van der Waals surface area contributed by atoms with Gasteiger partial charge in [0.25, 0.3) is 0 Å². The summed E-state index contributed by atoms with van der Waals surface area (Å²) in [5, 5.41) is 0. The van der Waals surface area contributed by atoms with Gasteiger partial charge in [0.2, 0.25) is 0 Å². The Hall–Kier alpha value is -3.22. The number of furan rings is 1. The molecule has 1 aliphatic heterocycles. The van der Waals surface area contributed by atoms with Crippen LogP contribution in [0.15, 0.2) is 57.1 Å². The number of ether oxygens (including phenoxy) is 2. The molecule has 0 N–H and O–H groups in total. The van der Waals surface area contributed by atoms with Gasteiger partial charge in [-0.1, -0.05) is 0 Å². The summed E-state index contributed by atoms with van der Waals surface area (Å²) in [6.07, 6.45) is 0. The lowest BCUT2D eigenvalue weighted by molar-refractivity contribution is -0.144. The number of carbonyl (C=O) groups is 2. The van der Waals surface area contributed by atoms with Crippen LogP contribution in [0.2, 0.25) is 0 Å². The molecule has 0 fully saturated rings. The van der Waals surface area contributed by atoms with Gasteiger partial charge < -0.3 is 13.9 Å². The Morgan fingerprint density at radius 2 is 1.71 bits per heavy atom. The maximum Gasteiger partial charge on any atom is 0.336 e. The number of nitrogens with zero attached hydrogens (tertiary/aromatic N) is 1. The largest absolute Gasteiger partial charge is 0.468 e. The van der Waals surface area contributed by atoms with Gasteiger partial charge in [-0.05, 0) is 50.2 Å². The molecule has 1 aliphatic rings. The first-order valence-electron chi connectivity index (χ1n) is 8.65. The Kier molecular flexibility index (Phi) is 5.44. The van der Waals surface area contributed by atoms with E-state index in [1.807, 2.05) is 0 Å². The Morgan fingerprint density at radius 3 is 2.32 bits per heavy atom. The van der Waals surface area contributed by atoms with E-state index in [4.69, 9.17) is 13.9 Å². The van der Waals surface area contributed by atoms with Gasteiger partial charge in [-0.3, -0.25) is 9.79 Å². The van der Waals surface area contributed by atoms with Gasteiger partial charge in [0.15, 0.2) is 0 Å². The molecule has 1 aromatic carbocycles. The van der Waals surface area contributed by atoms with Crippen molar-refractivity contribution in [3.8, 4) is 11.3 Å². The highest BCUT2D eigenvalue weighted by atomic mass is 19.1. The molecule has 146 valence electrons. The number of allylic oxidation sites excluding steroid dienone is 1. The fourth-order valence-electron chi connectivity index (χ4n) is 3.44. The van der Waals surface area contributed by atoms with Crippen molar-refractivity contribution in [1.29, 1.82) is 0 Å². The Bertz CT molecular complexity index is 971. The summed E-state index contributed by atoms with van der Waals surface area (Å²) in [5.74, 6) is -2.16. The molecule has 2 aromatic rings. The molecule has 2 atom stereocenters. The first-order valence-corrected chi connectivity index (χ1v) is 8.65. The molecule has 28 heavy (non-hydrogen) atoms. The zero-order valence-electron chi connectivity index (χ0n) is 16.0. The lowest BCUT2D eigenvalue weighted by Gasteiger charge is -2.29. The van der Waals surface area contributed by atoms with Crippen molar-refractivity contribution in [2.24, 2.45) is 10.9 Å². The number of methoxy groups -OCH3 is 2. The van der Waals surface area contributed by atoms with Crippen LogP contribution in [0.5, 0.6) is 0 Å². The minimum atomic E-state index is -0.824. The summed E-state index contributed by atoms with van der Waals surface area (Å²) in [6, 6.07) is 9.24. The summed E-state index contributed by atoms with van der Waals surface area (Å²) in [4.78, 5) is 29.3. The molecule has 1 aromatic heterocycles. The van der Waals surface area contributed by atoms with Crippen LogP contribution in [0.25, 0.3) is 11.3 Å². The number of rotatable bonds is 4. The van der Waals surface area contributed by atoms with Crippen molar-refractivity contribution in [1.82, 2.24) is 0 Å². The maximum absolute atomic E-state index is 13.2. The van der Waals surface area contributed by atoms with Crippen molar-refractivity contribution in [2.45, 2.75) is 19.8 Å². The quantitative estimate of drug-likeness (QED) is 0.747. The van der Waals surface area contributed by atoms with E-state index in [-0.39, 0.29) is 11.4 Å². The maximum atomic E-state index is 13.2. The van der Waals surface area contributed by atoms with Crippen LogP contribution < -0.4 is 0 Å². The molecule has 0 aliphatic carbocycles. The third-order valence-electron chi connectivity index (χ3n) is 4.75. The Labute approximate surface area is 161 Å². The van der Waals surface area contributed by atoms with Gasteiger partial charge in [-0.2, -0.15) is 0 Å². The summed E-state index contributed by atoms with van der Waals surface area (Å²) in [6.45, 7) is 3.38. The monoisotopic (exact) mass is 385 g/mol. The SMILES string of the molecule is COC(=O)C1=C(C)N=C(C)C(C(=O)OC)[C@@H]1c1ccc(-c2ccc(F)cc2)o1. The van der Waals surface area contributed by atoms with Crippen LogP contribution in [0.4, 0.5) is 4.39 Å². The van der Waals surface area contributed by atoms with Crippen molar-refractivity contribution in [3.63, 3.8) is 0 Å². The zero-order chi connectivity index (χ0) is 20.4. The minimum absolute atomic E-state index is 0.239. The van der Waals surface area contributed by atoms with Crippen molar-refractivity contribution < 1.29 is 27.9 Å². The molecule has 1 unspecified atom stereocenters. The highest BCUT2D eigenvalue weighted by Gasteiger charge is 2.43. The molecule has 7 heteroatoms. The molecular formula is C21H20FNO5. The number of hydrogen-bond donors (Lipinski definition) is 0. The molecule has 0 bridgehead atoms. The average Bonchev–Trinajstić information content (AvgIpc) is 3.16. The second-order valence-electron chi connectivity index (χ2n) is 6.43. The summed E-state index contributed by atoms with van der Waals surface area (Å²) in [7, 11) is 2.55. The molecule has 2 heterocycles. The standard InChI is InChI=1S/C21H20FNO5/c1-11-17(20(24)26-3)19(18(12(2)23-11)21(25)27-4)16-10-9-15(28-16)13-5-7-14(22)8-6-13/h5-10,17,19H,1-4H3/t17?,19-/m0/s1. The summed E-state index contributed by atoms with van der Waals surface area (Å²) in [5.41, 5.74) is 1.88. The van der Waals surface area contributed by atoms with Gasteiger partial charge in [0, 0.05) is 17.0 Å². The van der Waals surface area contributed by atoms with E-state index in [1.165, 1.54) is 26.4 Å². The molecule has 0 saturated carbocycles. The predicted molar refractivity (Wildman–Crippen MR) is 100 cm³/mol. The van der Waals surface area contributed by atoms with Gasteiger partial charge in [0.05, 0.1) is 25.7 Å². The molecule has 0 radical (unpaired) electrons. The fourth-order valence-corrected chi connectivity index (χ4v) is 3.44. The molecule has 3 rings (SSSR count). The number of hydrogen-bond acceptors (Lipinski definition) is 6. The van der Waals surface area contributed by atoms with Crippen LogP contribution in [0, 0.1) is 11.7 Å². The Balaban J connectivity index is 2.11. The van der Waals surface area contributed by atoms with Crippen molar-refractivity contribution in [3.05, 3.63) is 59.2 Å². The minimum Gasteiger partial charge on any atom is -0.468 e. The average molecular weight is 385 g/mol. The first-order chi connectivity index (χ1) is 13.4. The lowest BCUT2D eigenvalue weighted by atomic mass is 9.78. The van der Waals surface area contributed by atoms with Crippen LogP contribution >= 0.6 is 0 Å². The van der Waals surface area contributed by atoms with Crippen molar-refractivity contribution in [2.75, 3.05) is 14.2 Å². The van der Waals surface area contributed by atoms with E-state index < -0.39 is 23.8 Å². The molecule has 0 amide bonds. The van der Waals surface area contributed by atoms with Crippen LogP contribution in [0.3, 0.4) is 0 Å². The van der Waals surface area contributed by atoms with E-state index in [0.717, 1.165) is 0 Å². The van der Waals surface area contributed by atoms with Crippen LogP contribution in [-0.2, 0) is 19.1 Å². The molecular weight excluding hydrogens is 365 g/mol. The second-order valence-corrected chi connectivity index (χ2v) is 6.43. The summed E-state index contributed by atoms with van der Waals surface area (Å²) < 4.78 is 29.0. The van der Waals surface area contributed by atoms with E-state index in [1.54, 1.807) is 38.1 Å². The molecule has 0 spiro atoms. The van der Waals surface area contributed by atoms with E-state index in [9.17, 15) is 14.0 Å². The molecule has 0 saturated heterocycles. The highest BCUT2D eigenvalue weighted by Crippen LogP contribution is 2.41. The van der Waals surface area contributed by atoms with Gasteiger partial charge in [-0.25, -0.2) is 9.18 Å². The zero-order valence-corrected chi connectivity index (χ0v) is 16.0. The number of benzene rings is 1. The topological polar surface area (TPSA) is 78.1 Å². The Morgan fingerprint density at radius 1 is 1.04 bits per heavy atom. The van der Waals surface area contributed by atoms with Crippen LogP contribution in [0.1, 0.15) is 25.5 Å². The van der Waals surface area contributed by atoms with E-state index in [0.29, 0.717) is 28.5 Å². The van der Waals surface area contributed by atoms with E-state index >= 15 is 0 Å². The number of halogens is 1. The smallest absolute Gasteiger partial charge is 0.336 e. The van der Waals surface area contributed by atoms with Gasteiger partial charge >= 0.3 is 11.9 Å². The van der Waals surface area contributed by atoms with Crippen molar-refractivity contribution >= 4 is 17.7 Å². The lowest BCUT2D eigenvalue weighted by Crippen LogP contribution is -2.35. The van der Waals surface area contributed by atoms with Crippen LogP contribution in [-0.4, -0.2) is 31.9 Å². The second kappa shape index (κ2) is 7.80.